The maximum absolute atomic E-state index is 12.2. The molecule has 0 aliphatic carbocycles. The van der Waals surface area contributed by atoms with Gasteiger partial charge in [0.15, 0.2) is 10.8 Å². The Morgan fingerprint density at radius 1 is 1.43 bits per heavy atom. The van der Waals surface area contributed by atoms with Crippen LogP contribution in [0.15, 0.2) is 22.1 Å². The second-order valence-electron chi connectivity index (χ2n) is 3.99. The summed E-state index contributed by atoms with van der Waals surface area (Å²) in [5.41, 5.74) is 0.532. The third-order valence-corrected chi connectivity index (χ3v) is 4.54. The van der Waals surface area contributed by atoms with Crippen molar-refractivity contribution in [2.24, 2.45) is 0 Å². The number of ether oxygens (including phenoxy) is 1. The fourth-order valence-corrected chi connectivity index (χ4v) is 3.09. The van der Waals surface area contributed by atoms with E-state index in [-0.39, 0.29) is 21.5 Å². The number of benzene rings is 1. The zero-order chi connectivity index (χ0) is 15.6. The summed E-state index contributed by atoms with van der Waals surface area (Å²) in [6.45, 7) is 1.40. The van der Waals surface area contributed by atoms with Crippen LogP contribution in [0, 0.1) is 0 Å². The van der Waals surface area contributed by atoms with Crippen molar-refractivity contribution in [1.29, 1.82) is 0 Å². The highest BCUT2D eigenvalue weighted by Gasteiger charge is 2.19. The highest BCUT2D eigenvalue weighted by atomic mass is 79.9. The molecule has 0 aliphatic rings. The highest BCUT2D eigenvalue weighted by Crippen LogP contribution is 2.35. The van der Waals surface area contributed by atoms with Crippen LogP contribution in [0.1, 0.15) is 27.1 Å². The van der Waals surface area contributed by atoms with Crippen molar-refractivity contribution in [3.05, 3.63) is 37.7 Å². The summed E-state index contributed by atoms with van der Waals surface area (Å²) >= 11 is 10.5. The summed E-state index contributed by atoms with van der Waals surface area (Å²) < 4.78 is 5.67. The third-order valence-electron chi connectivity index (χ3n) is 2.61. The molecule has 0 spiro atoms. The van der Waals surface area contributed by atoms with Gasteiger partial charge in [0, 0.05) is 10.9 Å². The van der Waals surface area contributed by atoms with E-state index in [1.807, 2.05) is 0 Å². The number of thiazole rings is 1. The molecule has 1 aromatic carbocycles. The number of halogens is 2. The van der Waals surface area contributed by atoms with Gasteiger partial charge in [0.25, 0.3) is 5.91 Å². The van der Waals surface area contributed by atoms with Crippen molar-refractivity contribution in [3.8, 4) is 5.75 Å². The minimum atomic E-state index is -0.441. The van der Waals surface area contributed by atoms with Gasteiger partial charge in [0.05, 0.1) is 12.8 Å². The molecule has 1 aromatic heterocycles. The second kappa shape index (κ2) is 6.55. The van der Waals surface area contributed by atoms with Gasteiger partial charge < -0.3 is 10.1 Å². The Balaban J connectivity index is 2.42. The van der Waals surface area contributed by atoms with Crippen molar-refractivity contribution < 1.29 is 14.3 Å². The number of carbonyl (C=O) groups is 2. The lowest BCUT2D eigenvalue weighted by Crippen LogP contribution is -2.15. The molecule has 110 valence electrons. The first-order chi connectivity index (χ1) is 9.93. The zero-order valence-electron chi connectivity index (χ0n) is 11.1. The van der Waals surface area contributed by atoms with Crippen molar-refractivity contribution in [3.63, 3.8) is 0 Å². The molecule has 1 N–H and O–H groups in total. The lowest BCUT2D eigenvalue weighted by atomic mass is 10.1. The number of amides is 1. The molecule has 0 saturated heterocycles. The zero-order valence-corrected chi connectivity index (χ0v) is 14.2. The average Bonchev–Trinajstić information content (AvgIpc) is 2.87. The van der Waals surface area contributed by atoms with Crippen LogP contribution in [0.4, 0.5) is 5.69 Å². The fraction of sp³-hybridized carbons (Fsp3) is 0.154. The van der Waals surface area contributed by atoms with E-state index in [0.29, 0.717) is 15.9 Å². The van der Waals surface area contributed by atoms with Crippen LogP contribution in [0.5, 0.6) is 5.75 Å². The molecule has 2 aromatic rings. The van der Waals surface area contributed by atoms with Crippen LogP contribution in [0.2, 0.25) is 5.02 Å². The molecular formula is C13H10BrClN2O3S. The Morgan fingerprint density at radius 3 is 2.67 bits per heavy atom. The number of nitrogens with one attached hydrogen (secondary N) is 1. The van der Waals surface area contributed by atoms with Crippen LogP contribution < -0.4 is 10.1 Å². The van der Waals surface area contributed by atoms with Gasteiger partial charge >= 0.3 is 0 Å². The average molecular weight is 390 g/mol. The van der Waals surface area contributed by atoms with Gasteiger partial charge in [-0.2, -0.15) is 0 Å². The third kappa shape index (κ3) is 3.42. The van der Waals surface area contributed by atoms with E-state index < -0.39 is 5.91 Å². The smallest absolute Gasteiger partial charge is 0.284 e. The molecule has 0 saturated carbocycles. The predicted octanol–water partition coefficient (Wildman–Crippen LogP) is 4.02. The first-order valence-electron chi connectivity index (χ1n) is 5.73. The van der Waals surface area contributed by atoms with Crippen LogP contribution in [-0.4, -0.2) is 23.8 Å². The SMILES string of the molecule is COc1ccc(C(C)=O)c(NC(=O)c2nc(Br)cs2)c1Cl. The van der Waals surface area contributed by atoms with Gasteiger partial charge in [-0.05, 0) is 35.0 Å². The van der Waals surface area contributed by atoms with Crippen LogP contribution in [0.3, 0.4) is 0 Å². The normalized spacial score (nSPS) is 10.3. The van der Waals surface area contributed by atoms with Crippen molar-refractivity contribution in [2.75, 3.05) is 12.4 Å². The molecule has 2 rings (SSSR count). The molecule has 0 aliphatic heterocycles. The predicted molar refractivity (Wildman–Crippen MR) is 85.8 cm³/mol. The summed E-state index contributed by atoms with van der Waals surface area (Å²) in [4.78, 5) is 27.8. The Hall–Kier alpha value is -1.44. The maximum Gasteiger partial charge on any atom is 0.284 e. The number of hydrogen-bond acceptors (Lipinski definition) is 5. The molecule has 21 heavy (non-hydrogen) atoms. The molecule has 0 fully saturated rings. The Bertz CT molecular complexity index is 717. The number of hydrogen-bond donors (Lipinski definition) is 1. The van der Waals surface area contributed by atoms with Gasteiger partial charge in [0.2, 0.25) is 0 Å². The van der Waals surface area contributed by atoms with Crippen LogP contribution >= 0.6 is 38.9 Å². The van der Waals surface area contributed by atoms with E-state index in [1.54, 1.807) is 17.5 Å². The monoisotopic (exact) mass is 388 g/mol. The molecule has 0 unspecified atom stereocenters. The highest BCUT2D eigenvalue weighted by molar-refractivity contribution is 9.10. The molecule has 8 heteroatoms. The molecular weight excluding hydrogens is 380 g/mol. The van der Waals surface area contributed by atoms with Gasteiger partial charge in [-0.1, -0.05) is 11.6 Å². The Kier molecular flexibility index (Phi) is 4.97. The quantitative estimate of drug-likeness (QED) is 0.802. The number of carbonyl (C=O) groups excluding carboxylic acids is 2. The van der Waals surface area contributed by atoms with E-state index in [4.69, 9.17) is 16.3 Å². The minimum Gasteiger partial charge on any atom is -0.495 e. The van der Waals surface area contributed by atoms with Crippen LogP contribution in [-0.2, 0) is 0 Å². The summed E-state index contributed by atoms with van der Waals surface area (Å²) in [5.74, 6) is -0.282. The molecule has 5 nitrogen and oxygen atoms in total. The van der Waals surface area contributed by atoms with E-state index in [2.05, 4.69) is 26.2 Å². The number of aromatic nitrogens is 1. The van der Waals surface area contributed by atoms with Gasteiger partial charge in [-0.25, -0.2) is 4.98 Å². The van der Waals surface area contributed by atoms with E-state index in [9.17, 15) is 9.59 Å². The molecule has 0 bridgehead atoms. The number of anilines is 1. The number of ketones is 1. The first-order valence-corrected chi connectivity index (χ1v) is 7.79. The minimum absolute atomic E-state index is 0.175. The largest absolute Gasteiger partial charge is 0.495 e. The van der Waals surface area contributed by atoms with Crippen molar-refractivity contribution in [2.45, 2.75) is 6.92 Å². The van der Waals surface area contributed by atoms with E-state index >= 15 is 0 Å². The molecule has 0 atom stereocenters. The summed E-state index contributed by atoms with van der Waals surface area (Å²) in [5, 5.41) is 4.74. The molecule has 1 heterocycles. The number of Topliss-reactive ketones (excluding diaryl/α,β-unsaturated/α-hetero) is 1. The first kappa shape index (κ1) is 15.9. The fourth-order valence-electron chi connectivity index (χ4n) is 1.66. The second-order valence-corrected chi connectivity index (χ2v) is 6.04. The molecule has 0 radical (unpaired) electrons. The van der Waals surface area contributed by atoms with E-state index in [0.717, 1.165) is 0 Å². The lowest BCUT2D eigenvalue weighted by Gasteiger charge is -2.13. The van der Waals surface area contributed by atoms with Gasteiger partial charge in [-0.15, -0.1) is 11.3 Å². The standard InChI is InChI=1S/C13H10BrClN2O3S/c1-6(18)7-3-4-8(20-2)10(15)11(7)17-12(19)13-16-9(14)5-21-13/h3-5H,1-2H3,(H,17,19). The van der Waals surface area contributed by atoms with E-state index in [1.165, 1.54) is 25.4 Å². The summed E-state index contributed by atoms with van der Waals surface area (Å²) in [7, 11) is 1.46. The van der Waals surface area contributed by atoms with Gasteiger partial charge in [-0.3, -0.25) is 9.59 Å². The molecule has 1 amide bonds. The van der Waals surface area contributed by atoms with Gasteiger partial charge in [0.1, 0.15) is 15.4 Å². The maximum atomic E-state index is 12.2. The number of methoxy groups -OCH3 is 1. The summed E-state index contributed by atoms with van der Waals surface area (Å²) in [6.07, 6.45) is 0. The topological polar surface area (TPSA) is 68.3 Å². The Morgan fingerprint density at radius 2 is 2.14 bits per heavy atom. The Labute approximate surface area is 138 Å². The number of nitrogens with zero attached hydrogens (tertiary/aromatic N) is 1. The van der Waals surface area contributed by atoms with Crippen LogP contribution in [0.25, 0.3) is 0 Å². The lowest BCUT2D eigenvalue weighted by molar-refractivity contribution is 0.101. The van der Waals surface area contributed by atoms with Crippen molar-refractivity contribution in [1.82, 2.24) is 4.98 Å². The summed E-state index contributed by atoms with van der Waals surface area (Å²) in [6, 6.07) is 3.13. The number of rotatable bonds is 4. The van der Waals surface area contributed by atoms with Crippen molar-refractivity contribution >= 4 is 56.2 Å².